The quantitative estimate of drug-likeness (QED) is 0.517. The van der Waals surface area contributed by atoms with Crippen molar-refractivity contribution in [2.75, 3.05) is 6.61 Å². The zero-order valence-corrected chi connectivity index (χ0v) is 18.8. The van der Waals surface area contributed by atoms with Gasteiger partial charge in [-0.1, -0.05) is 66.8 Å². The Morgan fingerprint density at radius 1 is 1.09 bits per heavy atom. The third-order valence-corrected chi connectivity index (χ3v) is 6.36. The number of hydrogen-bond acceptors (Lipinski definition) is 4. The number of ether oxygens (including phenoxy) is 1. The van der Waals surface area contributed by atoms with Crippen molar-refractivity contribution < 1.29 is 24.2 Å². The Hall–Kier alpha value is -3.87. The average Bonchev–Trinajstić information content (AvgIpc) is 3.16. The van der Waals surface area contributed by atoms with Gasteiger partial charge in [-0.15, -0.1) is 6.58 Å². The Balaban J connectivity index is 1.37. The van der Waals surface area contributed by atoms with Gasteiger partial charge in [0, 0.05) is 12.0 Å². The van der Waals surface area contributed by atoms with Gasteiger partial charge in [0.25, 0.3) is 0 Å². The molecule has 0 spiro atoms. The van der Waals surface area contributed by atoms with E-state index in [0.29, 0.717) is 12.8 Å². The monoisotopic (exact) mass is 460 g/mol. The molecule has 3 atom stereocenters. The fraction of sp³-hybridized carbons (Fsp3) is 0.296. The fourth-order valence-electron chi connectivity index (χ4n) is 4.66. The van der Waals surface area contributed by atoms with E-state index in [2.05, 4.69) is 29.3 Å². The first-order valence-corrected chi connectivity index (χ1v) is 11.4. The van der Waals surface area contributed by atoms with E-state index in [1.165, 1.54) is 0 Å². The summed E-state index contributed by atoms with van der Waals surface area (Å²) in [5.74, 6) is -1.91. The molecule has 0 aliphatic heterocycles. The van der Waals surface area contributed by atoms with Crippen LogP contribution < -0.4 is 10.6 Å². The normalized spacial score (nSPS) is 19.4. The second-order valence-corrected chi connectivity index (χ2v) is 8.60. The van der Waals surface area contributed by atoms with E-state index in [1.54, 1.807) is 18.2 Å². The van der Waals surface area contributed by atoms with E-state index in [9.17, 15) is 19.5 Å². The number of carbonyl (C=O) groups is 3. The first-order chi connectivity index (χ1) is 16.5. The van der Waals surface area contributed by atoms with Crippen molar-refractivity contribution in [2.24, 2.45) is 5.92 Å². The predicted molar refractivity (Wildman–Crippen MR) is 128 cm³/mol. The smallest absolute Gasteiger partial charge is 0.407 e. The molecule has 176 valence electrons. The number of fused-ring (bicyclic) bond motifs is 3. The summed E-state index contributed by atoms with van der Waals surface area (Å²) in [6.45, 7) is 3.81. The van der Waals surface area contributed by atoms with Crippen LogP contribution in [0.5, 0.6) is 0 Å². The molecule has 2 amide bonds. The summed E-state index contributed by atoms with van der Waals surface area (Å²) in [5, 5.41) is 14.7. The molecule has 2 aromatic rings. The Labute approximate surface area is 198 Å². The fourth-order valence-corrected chi connectivity index (χ4v) is 4.66. The van der Waals surface area contributed by atoms with E-state index in [4.69, 9.17) is 4.74 Å². The Kier molecular flexibility index (Phi) is 7.11. The molecule has 0 heterocycles. The van der Waals surface area contributed by atoms with Gasteiger partial charge >= 0.3 is 12.1 Å². The first kappa shape index (κ1) is 23.3. The van der Waals surface area contributed by atoms with Crippen molar-refractivity contribution in [3.05, 3.63) is 84.5 Å². The second kappa shape index (κ2) is 10.4. The van der Waals surface area contributed by atoms with Crippen LogP contribution in [0.15, 0.2) is 73.3 Å². The number of benzene rings is 2. The number of aliphatic carboxylic acids is 1. The van der Waals surface area contributed by atoms with Gasteiger partial charge in [0.2, 0.25) is 5.91 Å². The maximum atomic E-state index is 12.8. The Morgan fingerprint density at radius 3 is 2.35 bits per heavy atom. The summed E-state index contributed by atoms with van der Waals surface area (Å²) in [6, 6.07) is 14.8. The molecule has 0 saturated carbocycles. The molecule has 3 N–H and O–H groups in total. The first-order valence-electron chi connectivity index (χ1n) is 11.4. The molecule has 7 nitrogen and oxygen atoms in total. The molecule has 34 heavy (non-hydrogen) atoms. The molecule has 2 aliphatic carbocycles. The molecule has 2 aromatic carbocycles. The highest BCUT2D eigenvalue weighted by atomic mass is 16.5. The minimum Gasteiger partial charge on any atom is -0.481 e. The van der Waals surface area contributed by atoms with Gasteiger partial charge in [0.05, 0.1) is 5.92 Å². The standard InChI is InChI=1S/C27H28N2O5/c1-2-8-24(25(30)28-18-10-7-9-17(15-18)26(31)32)29-27(33)34-16-23-21-13-5-3-11-19(21)20-12-4-6-14-22(20)23/h2-7,10-14,17-18,23-24H,1,8-9,15-16H2,(H,28,30)(H,29,33)(H,31,32)/t17-,18-,24?/m1/s1. The SMILES string of the molecule is C=CCC(NC(=O)OCC1c2ccccc2-c2ccccc21)C(=O)N[C@@H]1C=CC[C@@H](C(=O)O)C1. The summed E-state index contributed by atoms with van der Waals surface area (Å²) in [4.78, 5) is 36.7. The zero-order valence-electron chi connectivity index (χ0n) is 18.8. The molecule has 0 bridgehead atoms. The van der Waals surface area contributed by atoms with E-state index in [0.717, 1.165) is 22.3 Å². The molecule has 1 unspecified atom stereocenters. The van der Waals surface area contributed by atoms with Crippen LogP contribution >= 0.6 is 0 Å². The van der Waals surface area contributed by atoms with E-state index >= 15 is 0 Å². The third kappa shape index (κ3) is 5.03. The van der Waals surface area contributed by atoms with Crippen LogP contribution in [-0.4, -0.2) is 41.8 Å². The van der Waals surface area contributed by atoms with E-state index < -0.39 is 36.0 Å². The van der Waals surface area contributed by atoms with Crippen LogP contribution in [-0.2, 0) is 14.3 Å². The summed E-state index contributed by atoms with van der Waals surface area (Å²) in [5.41, 5.74) is 4.48. The van der Waals surface area contributed by atoms with Gasteiger partial charge in [-0.2, -0.15) is 0 Å². The number of allylic oxidation sites excluding steroid dienone is 1. The van der Waals surface area contributed by atoms with Crippen LogP contribution in [0.25, 0.3) is 11.1 Å². The average molecular weight is 461 g/mol. The highest BCUT2D eigenvalue weighted by Crippen LogP contribution is 2.44. The van der Waals surface area contributed by atoms with Crippen molar-refractivity contribution in [1.29, 1.82) is 0 Å². The minimum atomic E-state index is -0.886. The molecule has 7 heteroatoms. The molecule has 0 aromatic heterocycles. The van der Waals surface area contributed by atoms with Crippen LogP contribution in [0.3, 0.4) is 0 Å². The van der Waals surface area contributed by atoms with Crippen molar-refractivity contribution in [1.82, 2.24) is 10.6 Å². The van der Waals surface area contributed by atoms with Crippen LogP contribution in [0.4, 0.5) is 4.79 Å². The van der Waals surface area contributed by atoms with Crippen molar-refractivity contribution >= 4 is 18.0 Å². The van der Waals surface area contributed by atoms with Crippen molar-refractivity contribution in [2.45, 2.75) is 37.3 Å². The van der Waals surface area contributed by atoms with Crippen LogP contribution in [0.2, 0.25) is 0 Å². The molecule has 0 radical (unpaired) electrons. The lowest BCUT2D eigenvalue weighted by atomic mass is 9.91. The summed E-state index contributed by atoms with van der Waals surface area (Å²) < 4.78 is 5.55. The summed E-state index contributed by atoms with van der Waals surface area (Å²) in [7, 11) is 0. The summed E-state index contributed by atoms with van der Waals surface area (Å²) in [6.07, 6.45) is 5.37. The van der Waals surface area contributed by atoms with E-state index in [-0.39, 0.29) is 18.9 Å². The summed E-state index contributed by atoms with van der Waals surface area (Å²) >= 11 is 0. The highest BCUT2D eigenvalue weighted by molar-refractivity contribution is 5.86. The number of carbonyl (C=O) groups excluding carboxylic acids is 2. The molecule has 4 rings (SSSR count). The number of rotatable bonds is 8. The minimum absolute atomic E-state index is 0.0786. The van der Waals surface area contributed by atoms with Crippen LogP contribution in [0.1, 0.15) is 36.3 Å². The second-order valence-electron chi connectivity index (χ2n) is 8.60. The van der Waals surface area contributed by atoms with Crippen molar-refractivity contribution in [3.8, 4) is 11.1 Å². The number of carboxylic acid groups (broad SMARTS) is 1. The number of carboxylic acids is 1. The molecule has 0 saturated heterocycles. The van der Waals surface area contributed by atoms with Gasteiger partial charge in [-0.25, -0.2) is 4.79 Å². The Morgan fingerprint density at radius 2 is 1.74 bits per heavy atom. The molecule has 2 aliphatic rings. The lowest BCUT2D eigenvalue weighted by Gasteiger charge is -2.25. The number of nitrogens with one attached hydrogen (secondary N) is 2. The number of alkyl carbamates (subject to hydrolysis) is 1. The molecular weight excluding hydrogens is 432 g/mol. The third-order valence-electron chi connectivity index (χ3n) is 6.36. The van der Waals surface area contributed by atoms with Crippen LogP contribution in [0, 0.1) is 5.92 Å². The van der Waals surface area contributed by atoms with Crippen molar-refractivity contribution in [3.63, 3.8) is 0 Å². The highest BCUT2D eigenvalue weighted by Gasteiger charge is 2.30. The van der Waals surface area contributed by atoms with E-state index in [1.807, 2.05) is 36.4 Å². The lowest BCUT2D eigenvalue weighted by Crippen LogP contribution is -2.50. The molecule has 0 fully saturated rings. The number of hydrogen-bond donors (Lipinski definition) is 3. The maximum absolute atomic E-state index is 12.8. The van der Waals surface area contributed by atoms with Gasteiger partial charge in [0.15, 0.2) is 0 Å². The Bertz CT molecular complexity index is 1080. The van der Waals surface area contributed by atoms with Gasteiger partial charge < -0.3 is 20.5 Å². The largest absolute Gasteiger partial charge is 0.481 e. The number of amides is 2. The maximum Gasteiger partial charge on any atom is 0.407 e. The van der Waals surface area contributed by atoms with Gasteiger partial charge in [-0.05, 0) is 41.5 Å². The van der Waals surface area contributed by atoms with Gasteiger partial charge in [-0.3, -0.25) is 9.59 Å². The lowest BCUT2D eigenvalue weighted by molar-refractivity contribution is -0.142. The zero-order chi connectivity index (χ0) is 24.1. The van der Waals surface area contributed by atoms with Gasteiger partial charge in [0.1, 0.15) is 12.6 Å². The topological polar surface area (TPSA) is 105 Å². The predicted octanol–water partition coefficient (Wildman–Crippen LogP) is 4.01. The molecular formula is C27H28N2O5.